The van der Waals surface area contributed by atoms with Gasteiger partial charge in [-0.1, -0.05) is 12.0 Å². The van der Waals surface area contributed by atoms with Crippen molar-refractivity contribution < 1.29 is 12.8 Å². The second-order valence-electron chi connectivity index (χ2n) is 5.71. The maximum absolute atomic E-state index is 13.3. The van der Waals surface area contributed by atoms with Crippen molar-refractivity contribution in [2.75, 3.05) is 26.0 Å². The summed E-state index contributed by atoms with van der Waals surface area (Å²) in [5.74, 6) is 0.656. The van der Waals surface area contributed by atoms with Crippen LogP contribution in [-0.4, -0.2) is 55.7 Å². The molecule has 3 heterocycles. The van der Waals surface area contributed by atoms with Crippen molar-refractivity contribution in [1.82, 2.24) is 25.1 Å². The second-order valence-corrected chi connectivity index (χ2v) is 9.11. The molecule has 2 aromatic heterocycles. The first-order valence-electron chi connectivity index (χ1n) is 7.45. The summed E-state index contributed by atoms with van der Waals surface area (Å²) >= 11 is 0.849. The molecule has 0 aliphatic carbocycles. The van der Waals surface area contributed by atoms with Crippen molar-refractivity contribution in [2.24, 2.45) is 0 Å². The molecule has 2 unspecified atom stereocenters. The Labute approximate surface area is 144 Å². The molecule has 2 atom stereocenters. The summed E-state index contributed by atoms with van der Waals surface area (Å²) in [6.45, 7) is 2.64. The number of hydroxylamine groups is 2. The first-order valence-corrected chi connectivity index (χ1v) is 9.92. The van der Waals surface area contributed by atoms with Gasteiger partial charge < -0.3 is 9.62 Å². The number of hydrogen-bond donors (Lipinski definition) is 1. The molecule has 3 rings (SSSR count). The van der Waals surface area contributed by atoms with Crippen molar-refractivity contribution in [2.45, 2.75) is 24.0 Å². The predicted octanol–water partition coefficient (Wildman–Crippen LogP) is 0.749. The minimum atomic E-state index is -3.47. The van der Waals surface area contributed by atoms with Gasteiger partial charge in [-0.3, -0.25) is 14.9 Å². The molecular formula is C13H19N5O4S2. The monoisotopic (exact) mass is 373 g/mol. The Morgan fingerprint density at radius 2 is 2.33 bits per heavy atom. The SMILES string of the molecule is CCS(=O)(=O)c1nnc([N+]2([O-])CN(C)CC2NCc2ccco2)s1. The fourth-order valence-corrected chi connectivity index (χ4v) is 4.74. The van der Waals surface area contributed by atoms with Crippen LogP contribution < -0.4 is 9.96 Å². The lowest BCUT2D eigenvalue weighted by atomic mass is 10.4. The third kappa shape index (κ3) is 3.23. The molecule has 1 N–H and O–H groups in total. The molecule has 9 nitrogen and oxygen atoms in total. The number of hydrogen-bond acceptors (Lipinski definition) is 9. The highest BCUT2D eigenvalue weighted by Gasteiger charge is 2.43. The predicted molar refractivity (Wildman–Crippen MR) is 89.6 cm³/mol. The summed E-state index contributed by atoms with van der Waals surface area (Å²) in [5, 5.41) is 24.3. The van der Waals surface area contributed by atoms with E-state index in [2.05, 4.69) is 15.5 Å². The Kier molecular flexibility index (Phi) is 4.73. The molecule has 2 aromatic rings. The van der Waals surface area contributed by atoms with Gasteiger partial charge in [0.2, 0.25) is 14.2 Å². The molecule has 24 heavy (non-hydrogen) atoms. The fourth-order valence-electron chi connectivity index (χ4n) is 2.58. The first kappa shape index (κ1) is 17.5. The molecular weight excluding hydrogens is 354 g/mol. The molecule has 0 saturated carbocycles. The van der Waals surface area contributed by atoms with E-state index in [9.17, 15) is 13.6 Å². The lowest BCUT2D eigenvalue weighted by Crippen LogP contribution is -2.55. The number of rotatable bonds is 6. The van der Waals surface area contributed by atoms with Crippen LogP contribution in [0.4, 0.5) is 5.13 Å². The summed E-state index contributed by atoms with van der Waals surface area (Å²) in [7, 11) is -1.63. The quantitative estimate of drug-likeness (QED) is 0.583. The lowest BCUT2D eigenvalue weighted by Gasteiger charge is -2.39. The molecule has 0 radical (unpaired) electrons. The van der Waals surface area contributed by atoms with Crippen molar-refractivity contribution in [3.63, 3.8) is 0 Å². The van der Waals surface area contributed by atoms with Gasteiger partial charge in [-0.15, -0.1) is 5.10 Å². The van der Waals surface area contributed by atoms with Gasteiger partial charge in [-0.05, 0) is 30.5 Å². The van der Waals surface area contributed by atoms with Gasteiger partial charge in [0.05, 0.1) is 25.1 Å². The average Bonchev–Trinajstić information content (AvgIpc) is 3.25. The Morgan fingerprint density at radius 3 is 3.00 bits per heavy atom. The van der Waals surface area contributed by atoms with E-state index in [4.69, 9.17) is 4.42 Å². The van der Waals surface area contributed by atoms with Crippen LogP contribution in [-0.2, 0) is 16.4 Å². The van der Waals surface area contributed by atoms with E-state index >= 15 is 0 Å². The molecule has 1 aliphatic rings. The van der Waals surface area contributed by atoms with E-state index < -0.39 is 20.6 Å². The summed E-state index contributed by atoms with van der Waals surface area (Å²) in [6.07, 6.45) is 1.09. The number of likely N-dealkylation sites (N-methyl/N-ethyl adjacent to an activating group) is 1. The van der Waals surface area contributed by atoms with E-state index in [0.29, 0.717) is 13.1 Å². The van der Waals surface area contributed by atoms with Gasteiger partial charge in [0.25, 0.3) is 0 Å². The topological polar surface area (TPSA) is 111 Å². The highest BCUT2D eigenvalue weighted by atomic mass is 32.2. The Hall–Kier alpha value is -1.37. The number of nitrogens with one attached hydrogen (secondary N) is 1. The standard InChI is InChI=1S/C13H19N5O4S2/c1-3-24(20,21)13-16-15-12(23-13)18(19)9-17(2)8-11(18)14-7-10-5-4-6-22-10/h4-6,11,14H,3,7-9H2,1-2H3. The fraction of sp³-hybridized carbons (Fsp3) is 0.538. The molecule has 1 fully saturated rings. The van der Waals surface area contributed by atoms with E-state index in [-0.39, 0.29) is 21.9 Å². The smallest absolute Gasteiger partial charge is 0.310 e. The average molecular weight is 373 g/mol. The van der Waals surface area contributed by atoms with Crippen LogP contribution in [0.5, 0.6) is 0 Å². The Bertz CT molecular complexity index is 791. The van der Waals surface area contributed by atoms with Gasteiger partial charge in [-0.2, -0.15) is 0 Å². The summed E-state index contributed by atoms with van der Waals surface area (Å²) < 4.78 is 28.2. The van der Waals surface area contributed by atoms with Gasteiger partial charge >= 0.3 is 5.13 Å². The van der Waals surface area contributed by atoms with Crippen LogP contribution in [0, 0.1) is 5.21 Å². The number of aromatic nitrogens is 2. The van der Waals surface area contributed by atoms with Gasteiger partial charge in [0.15, 0.2) is 6.17 Å². The minimum absolute atomic E-state index is 0.0689. The summed E-state index contributed by atoms with van der Waals surface area (Å²) in [4.78, 5) is 1.88. The third-order valence-electron chi connectivity index (χ3n) is 3.90. The lowest BCUT2D eigenvalue weighted by molar-refractivity contribution is 0.281. The summed E-state index contributed by atoms with van der Waals surface area (Å²) in [6, 6.07) is 3.60. The Morgan fingerprint density at radius 1 is 1.54 bits per heavy atom. The Balaban J connectivity index is 1.83. The molecule has 0 aromatic carbocycles. The molecule has 132 valence electrons. The van der Waals surface area contributed by atoms with Crippen LogP contribution >= 0.6 is 11.3 Å². The number of sulfone groups is 1. The highest BCUT2D eigenvalue weighted by molar-refractivity contribution is 7.93. The van der Waals surface area contributed by atoms with Crippen molar-refractivity contribution in [3.05, 3.63) is 29.4 Å². The molecule has 1 aliphatic heterocycles. The molecule has 1 saturated heterocycles. The third-order valence-corrected chi connectivity index (χ3v) is 7.11. The first-order chi connectivity index (χ1) is 11.3. The minimum Gasteiger partial charge on any atom is -0.623 e. The number of quaternary nitrogens is 1. The molecule has 0 amide bonds. The van der Waals surface area contributed by atoms with E-state index in [1.807, 2.05) is 18.0 Å². The van der Waals surface area contributed by atoms with Gasteiger partial charge in [0, 0.05) is 0 Å². The highest BCUT2D eigenvalue weighted by Crippen LogP contribution is 2.34. The zero-order valence-corrected chi connectivity index (χ0v) is 15.0. The molecule has 11 heteroatoms. The van der Waals surface area contributed by atoms with E-state index in [0.717, 1.165) is 17.1 Å². The van der Waals surface area contributed by atoms with E-state index in [1.165, 1.54) is 6.92 Å². The van der Waals surface area contributed by atoms with E-state index in [1.54, 1.807) is 12.3 Å². The maximum Gasteiger partial charge on any atom is 0.310 e. The number of nitrogens with zero attached hydrogens (tertiary/aromatic N) is 4. The van der Waals surface area contributed by atoms with Gasteiger partial charge in [0.1, 0.15) is 12.4 Å². The zero-order valence-electron chi connectivity index (χ0n) is 13.4. The van der Waals surface area contributed by atoms with Crippen LogP contribution in [0.1, 0.15) is 12.7 Å². The number of furan rings is 1. The van der Waals surface area contributed by atoms with Crippen molar-refractivity contribution in [1.29, 1.82) is 0 Å². The van der Waals surface area contributed by atoms with Crippen molar-refractivity contribution in [3.8, 4) is 0 Å². The maximum atomic E-state index is 13.3. The largest absolute Gasteiger partial charge is 0.623 e. The van der Waals surface area contributed by atoms with Gasteiger partial charge in [-0.25, -0.2) is 8.42 Å². The van der Waals surface area contributed by atoms with Crippen molar-refractivity contribution >= 4 is 26.3 Å². The molecule has 0 spiro atoms. The molecule has 0 bridgehead atoms. The van der Waals surface area contributed by atoms with Crippen LogP contribution in [0.3, 0.4) is 0 Å². The summed E-state index contributed by atoms with van der Waals surface area (Å²) in [5.41, 5.74) is 0. The normalized spacial score (nSPS) is 25.4. The van der Waals surface area contributed by atoms with Crippen LogP contribution in [0.15, 0.2) is 27.2 Å². The van der Waals surface area contributed by atoms with Crippen LogP contribution in [0.2, 0.25) is 0 Å². The zero-order chi connectivity index (χ0) is 17.4. The second kappa shape index (κ2) is 6.50. The van der Waals surface area contributed by atoms with Crippen LogP contribution in [0.25, 0.3) is 0 Å².